The van der Waals surface area contributed by atoms with Gasteiger partial charge in [-0.25, -0.2) is 14.4 Å². The van der Waals surface area contributed by atoms with Crippen LogP contribution in [-0.2, 0) is 11.0 Å². The van der Waals surface area contributed by atoms with Crippen molar-refractivity contribution >= 4 is 11.7 Å². The van der Waals surface area contributed by atoms with Crippen molar-refractivity contribution in [3.8, 4) is 5.88 Å². The average Bonchev–Trinajstić information content (AvgIpc) is 3.54. The molecule has 0 aromatic carbocycles. The van der Waals surface area contributed by atoms with E-state index in [-0.39, 0.29) is 43.4 Å². The van der Waals surface area contributed by atoms with Gasteiger partial charge in [0.15, 0.2) is 11.6 Å². The summed E-state index contributed by atoms with van der Waals surface area (Å²) in [5.74, 6) is -0.470. The summed E-state index contributed by atoms with van der Waals surface area (Å²) in [5, 5.41) is 0. The Bertz CT molecular complexity index is 1010. The number of alkyl halides is 3. The standard InChI is InChI=1S/C21H21F4N5O2/c22-16-5-13(21(23,24)25)7-28-20(16)29-4-3-19(31)30-11-15(6-14(30)10-29)32-18-9-26-17(8-27-18)12-1-2-12/h5,7-9,12,14-15H,1-4,6,10-11H2/t14-,15+/m0/s1. The molecule has 0 radical (unpaired) electrons. The number of halogens is 4. The van der Waals surface area contributed by atoms with Crippen LogP contribution >= 0.6 is 0 Å². The summed E-state index contributed by atoms with van der Waals surface area (Å²) in [4.78, 5) is 28.3. The number of rotatable bonds is 4. The molecule has 4 heterocycles. The molecule has 170 valence electrons. The van der Waals surface area contributed by atoms with Crippen molar-refractivity contribution in [2.45, 2.75) is 49.9 Å². The van der Waals surface area contributed by atoms with Crippen LogP contribution in [0.15, 0.2) is 24.7 Å². The first-order valence-corrected chi connectivity index (χ1v) is 10.5. The molecule has 1 aliphatic carbocycles. The van der Waals surface area contributed by atoms with Crippen molar-refractivity contribution in [2.24, 2.45) is 0 Å². The maximum Gasteiger partial charge on any atom is 0.417 e. The van der Waals surface area contributed by atoms with Crippen LogP contribution in [0.3, 0.4) is 0 Å². The van der Waals surface area contributed by atoms with E-state index in [0.29, 0.717) is 37.0 Å². The molecule has 2 atom stereocenters. The molecule has 0 bridgehead atoms. The van der Waals surface area contributed by atoms with E-state index < -0.39 is 17.6 Å². The lowest BCUT2D eigenvalue weighted by atomic mass is 10.2. The third-order valence-electron chi connectivity index (χ3n) is 6.10. The van der Waals surface area contributed by atoms with Crippen LogP contribution in [-0.4, -0.2) is 57.5 Å². The fourth-order valence-corrected chi connectivity index (χ4v) is 4.32. The lowest BCUT2D eigenvalue weighted by Gasteiger charge is -2.26. The highest BCUT2D eigenvalue weighted by atomic mass is 19.4. The molecule has 11 heteroatoms. The van der Waals surface area contributed by atoms with Crippen LogP contribution in [0.1, 0.15) is 42.9 Å². The zero-order valence-electron chi connectivity index (χ0n) is 17.1. The molecule has 2 aromatic rings. The van der Waals surface area contributed by atoms with Crippen LogP contribution in [0, 0.1) is 5.82 Å². The van der Waals surface area contributed by atoms with Crippen LogP contribution in [0.4, 0.5) is 23.4 Å². The SMILES string of the molecule is O=C1CCN(c2ncc(C(F)(F)F)cc2F)C[C@@H]2C[C@@H](Oc3cnc(C4CC4)cn3)CN12. The van der Waals surface area contributed by atoms with E-state index in [1.165, 1.54) is 4.90 Å². The molecular formula is C21H21F4N5O2. The van der Waals surface area contributed by atoms with E-state index in [4.69, 9.17) is 4.74 Å². The molecule has 3 fully saturated rings. The van der Waals surface area contributed by atoms with Crippen molar-refractivity contribution in [1.29, 1.82) is 0 Å². The summed E-state index contributed by atoms with van der Waals surface area (Å²) in [6.07, 6.45) is 1.82. The van der Waals surface area contributed by atoms with Gasteiger partial charge in [0.2, 0.25) is 11.8 Å². The number of aromatic nitrogens is 3. The fourth-order valence-electron chi connectivity index (χ4n) is 4.32. The number of amides is 1. The van der Waals surface area contributed by atoms with Crippen molar-refractivity contribution in [1.82, 2.24) is 19.9 Å². The molecule has 1 saturated carbocycles. The van der Waals surface area contributed by atoms with Crippen molar-refractivity contribution in [3.63, 3.8) is 0 Å². The zero-order chi connectivity index (χ0) is 22.5. The van der Waals surface area contributed by atoms with Gasteiger partial charge in [0.1, 0.15) is 6.10 Å². The van der Waals surface area contributed by atoms with Crippen molar-refractivity contribution < 1.29 is 27.1 Å². The second-order valence-corrected chi connectivity index (χ2v) is 8.45. The molecule has 0 N–H and O–H groups in total. The third-order valence-corrected chi connectivity index (χ3v) is 6.10. The molecule has 7 nitrogen and oxygen atoms in total. The summed E-state index contributed by atoms with van der Waals surface area (Å²) < 4.78 is 58.9. The Morgan fingerprint density at radius 1 is 1.06 bits per heavy atom. The highest BCUT2D eigenvalue weighted by Gasteiger charge is 2.40. The minimum Gasteiger partial charge on any atom is -0.471 e. The Kier molecular flexibility index (Phi) is 5.13. The Morgan fingerprint density at radius 3 is 2.53 bits per heavy atom. The van der Waals surface area contributed by atoms with Crippen LogP contribution in [0.5, 0.6) is 5.88 Å². The number of hydrogen-bond donors (Lipinski definition) is 0. The van der Waals surface area contributed by atoms with Gasteiger partial charge in [-0.2, -0.15) is 13.2 Å². The van der Waals surface area contributed by atoms with E-state index in [1.54, 1.807) is 17.3 Å². The number of fused-ring (bicyclic) bond motifs is 1. The third kappa shape index (κ3) is 4.20. The average molecular weight is 451 g/mol. The second kappa shape index (κ2) is 7.86. The summed E-state index contributed by atoms with van der Waals surface area (Å²) in [7, 11) is 0. The molecule has 0 spiro atoms. The topological polar surface area (TPSA) is 71.5 Å². The van der Waals surface area contributed by atoms with Gasteiger partial charge in [0.25, 0.3) is 0 Å². The van der Waals surface area contributed by atoms with Crippen LogP contribution in [0.2, 0.25) is 0 Å². The lowest BCUT2D eigenvalue weighted by molar-refractivity contribution is -0.138. The van der Waals surface area contributed by atoms with E-state index in [1.807, 2.05) is 0 Å². The lowest BCUT2D eigenvalue weighted by Crippen LogP contribution is -2.39. The Hall–Kier alpha value is -2.98. The summed E-state index contributed by atoms with van der Waals surface area (Å²) in [6, 6.07) is 0.175. The minimum absolute atomic E-state index is 0.105. The predicted octanol–water partition coefficient (Wildman–Crippen LogP) is 3.17. The molecule has 5 rings (SSSR count). The molecule has 3 aliphatic rings. The van der Waals surface area contributed by atoms with Crippen molar-refractivity contribution in [2.75, 3.05) is 24.5 Å². The summed E-state index contributed by atoms with van der Waals surface area (Å²) in [5.41, 5.74) is -0.191. The normalized spacial score (nSPS) is 23.8. The monoisotopic (exact) mass is 451 g/mol. The van der Waals surface area contributed by atoms with Gasteiger partial charge in [-0.1, -0.05) is 0 Å². The van der Waals surface area contributed by atoms with Gasteiger partial charge in [0.05, 0.1) is 36.2 Å². The van der Waals surface area contributed by atoms with Gasteiger partial charge in [-0.05, 0) is 18.9 Å². The number of carbonyl (C=O) groups is 1. The maximum absolute atomic E-state index is 14.5. The maximum atomic E-state index is 14.5. The van der Waals surface area contributed by atoms with Gasteiger partial charge in [-0.3, -0.25) is 9.78 Å². The van der Waals surface area contributed by atoms with Gasteiger partial charge < -0.3 is 14.5 Å². The molecular weight excluding hydrogens is 430 g/mol. The predicted molar refractivity (Wildman–Crippen MR) is 105 cm³/mol. The van der Waals surface area contributed by atoms with Gasteiger partial charge in [-0.15, -0.1) is 0 Å². The summed E-state index contributed by atoms with van der Waals surface area (Å²) >= 11 is 0. The van der Waals surface area contributed by atoms with E-state index in [2.05, 4.69) is 15.0 Å². The van der Waals surface area contributed by atoms with E-state index in [0.717, 1.165) is 18.5 Å². The number of pyridine rings is 1. The first kappa shape index (κ1) is 20.9. The smallest absolute Gasteiger partial charge is 0.417 e. The zero-order valence-corrected chi connectivity index (χ0v) is 17.1. The quantitative estimate of drug-likeness (QED) is 0.666. The first-order chi connectivity index (χ1) is 15.3. The molecule has 2 saturated heterocycles. The molecule has 2 aliphatic heterocycles. The number of ether oxygens (including phenoxy) is 1. The molecule has 32 heavy (non-hydrogen) atoms. The molecule has 2 aromatic heterocycles. The van der Waals surface area contributed by atoms with Gasteiger partial charge >= 0.3 is 6.18 Å². The summed E-state index contributed by atoms with van der Waals surface area (Å²) in [6.45, 7) is 0.806. The Labute approximate surface area is 181 Å². The van der Waals surface area contributed by atoms with Gasteiger partial charge in [0, 0.05) is 38.0 Å². The highest BCUT2D eigenvalue weighted by molar-refractivity contribution is 5.78. The Morgan fingerprint density at radius 2 is 1.88 bits per heavy atom. The largest absolute Gasteiger partial charge is 0.471 e. The number of carbonyl (C=O) groups excluding carboxylic acids is 1. The number of hydrogen-bond acceptors (Lipinski definition) is 6. The highest BCUT2D eigenvalue weighted by Crippen LogP contribution is 2.39. The number of anilines is 1. The fraction of sp³-hybridized carbons (Fsp3) is 0.524. The van der Waals surface area contributed by atoms with E-state index in [9.17, 15) is 22.4 Å². The minimum atomic E-state index is -4.67. The van der Waals surface area contributed by atoms with Crippen molar-refractivity contribution in [3.05, 3.63) is 41.7 Å². The van der Waals surface area contributed by atoms with Crippen LogP contribution in [0.25, 0.3) is 0 Å². The molecule has 0 unspecified atom stereocenters. The first-order valence-electron chi connectivity index (χ1n) is 10.5. The van der Waals surface area contributed by atoms with Crippen LogP contribution < -0.4 is 9.64 Å². The number of nitrogens with zero attached hydrogens (tertiary/aromatic N) is 5. The Balaban J connectivity index is 1.28. The molecule has 1 amide bonds. The second-order valence-electron chi connectivity index (χ2n) is 8.45. The van der Waals surface area contributed by atoms with E-state index >= 15 is 0 Å².